The van der Waals surface area contributed by atoms with E-state index in [9.17, 15) is 14.0 Å². The molecule has 0 spiro atoms. The molecule has 1 fully saturated rings. The summed E-state index contributed by atoms with van der Waals surface area (Å²) < 4.78 is 12.9. The van der Waals surface area contributed by atoms with E-state index in [4.69, 9.17) is 0 Å². The third-order valence-corrected chi connectivity index (χ3v) is 3.14. The second kappa shape index (κ2) is 6.31. The Morgan fingerprint density at radius 2 is 2.32 bits per heavy atom. The van der Waals surface area contributed by atoms with E-state index in [0.717, 1.165) is 18.4 Å². The minimum Gasteiger partial charge on any atom is -0.354 e. The van der Waals surface area contributed by atoms with Crippen LogP contribution in [0.2, 0.25) is 0 Å². The minimum absolute atomic E-state index is 0.0695. The van der Waals surface area contributed by atoms with Crippen molar-refractivity contribution in [1.29, 1.82) is 0 Å². The van der Waals surface area contributed by atoms with Gasteiger partial charge in [-0.05, 0) is 37.0 Å². The van der Waals surface area contributed by atoms with Crippen molar-refractivity contribution in [2.75, 3.05) is 6.54 Å². The van der Waals surface area contributed by atoms with Gasteiger partial charge in [-0.1, -0.05) is 12.1 Å². The molecule has 0 radical (unpaired) electrons. The number of nitrogens with one attached hydrogen (secondary N) is 2. The van der Waals surface area contributed by atoms with Crippen molar-refractivity contribution in [1.82, 2.24) is 10.6 Å². The highest BCUT2D eigenvalue weighted by atomic mass is 19.1. The first-order valence-electron chi connectivity index (χ1n) is 6.46. The molecule has 1 atom stereocenters. The number of hydrogen-bond donors (Lipinski definition) is 2. The van der Waals surface area contributed by atoms with E-state index in [2.05, 4.69) is 10.6 Å². The fourth-order valence-corrected chi connectivity index (χ4v) is 2.13. The van der Waals surface area contributed by atoms with Crippen LogP contribution in [0.5, 0.6) is 0 Å². The normalized spacial score (nSPS) is 18.2. The van der Waals surface area contributed by atoms with Crippen LogP contribution in [0.25, 0.3) is 0 Å². The second-order valence-electron chi connectivity index (χ2n) is 4.68. The van der Waals surface area contributed by atoms with Gasteiger partial charge in [0.2, 0.25) is 11.8 Å². The van der Waals surface area contributed by atoms with Gasteiger partial charge in [0.25, 0.3) is 0 Å². The predicted octanol–water partition coefficient (Wildman–Crippen LogP) is 1.15. The summed E-state index contributed by atoms with van der Waals surface area (Å²) in [4.78, 5) is 22.6. The van der Waals surface area contributed by atoms with Crippen LogP contribution < -0.4 is 10.6 Å². The molecule has 4 nitrogen and oxygen atoms in total. The van der Waals surface area contributed by atoms with E-state index in [1.54, 1.807) is 6.07 Å². The van der Waals surface area contributed by atoms with Crippen molar-refractivity contribution < 1.29 is 14.0 Å². The molecule has 2 rings (SSSR count). The standard InChI is InChI=1S/C14H17FN2O2/c15-11-5-1-3-10(9-11)4-2-8-16-14(19)12-6-7-13(18)17-12/h1,3,5,9,12H,2,4,6-8H2,(H,16,19)(H,17,18). The van der Waals surface area contributed by atoms with Crippen LogP contribution >= 0.6 is 0 Å². The van der Waals surface area contributed by atoms with Crippen molar-refractivity contribution >= 4 is 11.8 Å². The maximum absolute atomic E-state index is 12.9. The topological polar surface area (TPSA) is 58.2 Å². The maximum atomic E-state index is 12.9. The summed E-state index contributed by atoms with van der Waals surface area (Å²) in [6.45, 7) is 0.529. The smallest absolute Gasteiger partial charge is 0.242 e. The van der Waals surface area contributed by atoms with Crippen LogP contribution in [0, 0.1) is 5.82 Å². The quantitative estimate of drug-likeness (QED) is 0.784. The Balaban J connectivity index is 1.66. The van der Waals surface area contributed by atoms with Crippen LogP contribution in [0.15, 0.2) is 24.3 Å². The highest BCUT2D eigenvalue weighted by Gasteiger charge is 2.26. The van der Waals surface area contributed by atoms with E-state index >= 15 is 0 Å². The number of carbonyl (C=O) groups is 2. The number of rotatable bonds is 5. The Hall–Kier alpha value is -1.91. The van der Waals surface area contributed by atoms with Crippen molar-refractivity contribution in [2.24, 2.45) is 0 Å². The Kier molecular flexibility index (Phi) is 4.49. The van der Waals surface area contributed by atoms with Gasteiger partial charge in [-0.15, -0.1) is 0 Å². The minimum atomic E-state index is -0.387. The lowest BCUT2D eigenvalue weighted by Gasteiger charge is -2.10. The van der Waals surface area contributed by atoms with Gasteiger partial charge in [-0.3, -0.25) is 9.59 Å². The fourth-order valence-electron chi connectivity index (χ4n) is 2.13. The average molecular weight is 264 g/mol. The summed E-state index contributed by atoms with van der Waals surface area (Å²) in [7, 11) is 0. The summed E-state index contributed by atoms with van der Waals surface area (Å²) in [5.41, 5.74) is 0.920. The first-order valence-corrected chi connectivity index (χ1v) is 6.46. The zero-order chi connectivity index (χ0) is 13.7. The first kappa shape index (κ1) is 13.5. The lowest BCUT2D eigenvalue weighted by molar-refractivity contribution is -0.125. The zero-order valence-electron chi connectivity index (χ0n) is 10.6. The summed E-state index contributed by atoms with van der Waals surface area (Å²) in [5.74, 6) is -0.444. The molecule has 5 heteroatoms. The van der Waals surface area contributed by atoms with Gasteiger partial charge in [0.05, 0.1) is 0 Å². The largest absolute Gasteiger partial charge is 0.354 e. The maximum Gasteiger partial charge on any atom is 0.242 e. The van der Waals surface area contributed by atoms with Gasteiger partial charge in [0, 0.05) is 13.0 Å². The average Bonchev–Trinajstić information content (AvgIpc) is 2.81. The number of benzene rings is 1. The molecule has 2 N–H and O–H groups in total. The van der Waals surface area contributed by atoms with E-state index in [1.165, 1.54) is 12.1 Å². The number of carbonyl (C=O) groups excluding carboxylic acids is 2. The number of hydrogen-bond acceptors (Lipinski definition) is 2. The molecule has 19 heavy (non-hydrogen) atoms. The van der Waals surface area contributed by atoms with Crippen molar-refractivity contribution in [2.45, 2.75) is 31.7 Å². The van der Waals surface area contributed by atoms with Gasteiger partial charge < -0.3 is 10.6 Å². The van der Waals surface area contributed by atoms with Crippen LogP contribution in [-0.4, -0.2) is 24.4 Å². The summed E-state index contributed by atoms with van der Waals surface area (Å²) in [6, 6.07) is 6.06. The van der Waals surface area contributed by atoms with E-state index in [0.29, 0.717) is 19.4 Å². The number of amides is 2. The third-order valence-electron chi connectivity index (χ3n) is 3.14. The molecule has 102 valence electrons. The fraction of sp³-hybridized carbons (Fsp3) is 0.429. The predicted molar refractivity (Wildman–Crippen MR) is 68.9 cm³/mol. The Morgan fingerprint density at radius 3 is 3.00 bits per heavy atom. The van der Waals surface area contributed by atoms with E-state index in [-0.39, 0.29) is 23.7 Å². The molecular formula is C14H17FN2O2. The molecular weight excluding hydrogens is 247 g/mol. The monoisotopic (exact) mass is 264 g/mol. The molecule has 0 aromatic heterocycles. The Morgan fingerprint density at radius 1 is 1.47 bits per heavy atom. The van der Waals surface area contributed by atoms with Crippen molar-refractivity contribution in [3.05, 3.63) is 35.6 Å². The molecule has 1 saturated heterocycles. The molecule has 1 aliphatic rings. The molecule has 0 aliphatic carbocycles. The molecule has 0 saturated carbocycles. The molecule has 1 unspecified atom stereocenters. The summed E-state index contributed by atoms with van der Waals surface area (Å²) in [5, 5.41) is 5.40. The lowest BCUT2D eigenvalue weighted by atomic mass is 10.1. The highest BCUT2D eigenvalue weighted by molar-refractivity contribution is 5.90. The van der Waals surface area contributed by atoms with Crippen LogP contribution in [0.1, 0.15) is 24.8 Å². The molecule has 1 aromatic carbocycles. The van der Waals surface area contributed by atoms with E-state index in [1.807, 2.05) is 6.07 Å². The molecule has 1 heterocycles. The van der Waals surface area contributed by atoms with Gasteiger partial charge in [-0.2, -0.15) is 0 Å². The summed E-state index contributed by atoms with van der Waals surface area (Å²) >= 11 is 0. The van der Waals surface area contributed by atoms with Crippen molar-refractivity contribution in [3.8, 4) is 0 Å². The summed E-state index contributed by atoms with van der Waals surface area (Å²) in [6.07, 6.45) is 2.45. The number of aryl methyl sites for hydroxylation is 1. The Bertz CT molecular complexity index is 476. The van der Waals surface area contributed by atoms with Crippen LogP contribution in [-0.2, 0) is 16.0 Å². The molecule has 1 aromatic rings. The Labute approximate surface area is 111 Å². The van der Waals surface area contributed by atoms with Crippen LogP contribution in [0.4, 0.5) is 4.39 Å². The SMILES string of the molecule is O=C1CCC(C(=O)NCCCc2cccc(F)c2)N1. The zero-order valence-corrected chi connectivity index (χ0v) is 10.6. The van der Waals surface area contributed by atoms with Gasteiger partial charge >= 0.3 is 0 Å². The molecule has 2 amide bonds. The van der Waals surface area contributed by atoms with Gasteiger partial charge in [0.15, 0.2) is 0 Å². The van der Waals surface area contributed by atoms with Gasteiger partial charge in [0.1, 0.15) is 11.9 Å². The van der Waals surface area contributed by atoms with E-state index < -0.39 is 0 Å². The van der Waals surface area contributed by atoms with Crippen LogP contribution in [0.3, 0.4) is 0 Å². The number of halogens is 1. The second-order valence-corrected chi connectivity index (χ2v) is 4.68. The third kappa shape index (κ3) is 4.05. The lowest BCUT2D eigenvalue weighted by Crippen LogP contribution is -2.41. The van der Waals surface area contributed by atoms with Crippen molar-refractivity contribution in [3.63, 3.8) is 0 Å². The van der Waals surface area contributed by atoms with Gasteiger partial charge in [-0.25, -0.2) is 4.39 Å². The molecule has 0 bridgehead atoms. The first-order chi connectivity index (χ1) is 9.15. The molecule has 1 aliphatic heterocycles. The highest BCUT2D eigenvalue weighted by Crippen LogP contribution is 2.07.